The molecule has 0 bridgehead atoms. The zero-order valence-corrected chi connectivity index (χ0v) is 7.26. The summed E-state index contributed by atoms with van der Waals surface area (Å²) in [6, 6.07) is 0.317. The molecule has 1 fully saturated rings. The van der Waals surface area contributed by atoms with E-state index in [0.29, 0.717) is 6.02 Å². The van der Waals surface area contributed by atoms with E-state index in [4.69, 9.17) is 10.1 Å². The molecule has 0 saturated carbocycles. The van der Waals surface area contributed by atoms with Crippen LogP contribution in [0.4, 0.5) is 0 Å². The first-order valence-electron chi connectivity index (χ1n) is 4.11. The summed E-state index contributed by atoms with van der Waals surface area (Å²) >= 11 is 0. The fraction of sp³-hybridized carbons (Fsp3) is 0.875. The number of hydrogen-bond acceptors (Lipinski definition) is 2. The van der Waals surface area contributed by atoms with Gasteiger partial charge in [-0.3, -0.25) is 5.41 Å². The van der Waals surface area contributed by atoms with Gasteiger partial charge in [0.15, 0.2) is 0 Å². The number of nitrogens with one attached hydrogen (secondary N) is 1. The van der Waals surface area contributed by atoms with Crippen molar-refractivity contribution in [3.8, 4) is 0 Å². The Morgan fingerprint density at radius 1 is 1.45 bits per heavy atom. The van der Waals surface area contributed by atoms with Crippen LogP contribution in [-0.2, 0) is 4.74 Å². The quantitative estimate of drug-likeness (QED) is 0.424. The van der Waals surface area contributed by atoms with Crippen LogP contribution in [0, 0.1) is 11.3 Å². The average Bonchev–Trinajstić information content (AvgIpc) is 2.05. The van der Waals surface area contributed by atoms with Crippen LogP contribution in [0.2, 0.25) is 0 Å². The molecule has 1 N–H and O–H groups in total. The third-order valence-corrected chi connectivity index (χ3v) is 2.26. The van der Waals surface area contributed by atoms with Gasteiger partial charge >= 0.3 is 0 Å². The van der Waals surface area contributed by atoms with Gasteiger partial charge in [0, 0.05) is 13.1 Å². The van der Waals surface area contributed by atoms with Crippen LogP contribution in [0.25, 0.3) is 0 Å². The van der Waals surface area contributed by atoms with E-state index in [1.165, 1.54) is 12.8 Å². The normalized spacial score (nSPS) is 20.0. The molecule has 11 heavy (non-hydrogen) atoms. The van der Waals surface area contributed by atoms with E-state index in [0.717, 1.165) is 19.0 Å². The molecule has 0 aromatic carbocycles. The lowest BCUT2D eigenvalue weighted by Crippen LogP contribution is -2.38. The van der Waals surface area contributed by atoms with Crippen molar-refractivity contribution in [2.45, 2.75) is 19.8 Å². The summed E-state index contributed by atoms with van der Waals surface area (Å²) in [5, 5.41) is 7.40. The molecule has 0 aromatic rings. The second kappa shape index (κ2) is 3.60. The van der Waals surface area contributed by atoms with Gasteiger partial charge in [0.05, 0.1) is 7.11 Å². The highest BCUT2D eigenvalue weighted by Crippen LogP contribution is 2.15. The SMILES string of the molecule is COC(=N)N1CCC(C)CC1. The molecule has 1 heterocycles. The van der Waals surface area contributed by atoms with Crippen LogP contribution in [0.5, 0.6) is 0 Å². The van der Waals surface area contributed by atoms with Crippen molar-refractivity contribution in [2.24, 2.45) is 5.92 Å². The number of hydrogen-bond donors (Lipinski definition) is 1. The molecule has 64 valence electrons. The van der Waals surface area contributed by atoms with Crippen LogP contribution in [0.15, 0.2) is 0 Å². The molecule has 3 nitrogen and oxygen atoms in total. The Morgan fingerprint density at radius 2 is 2.00 bits per heavy atom. The highest BCUT2D eigenvalue weighted by molar-refractivity contribution is 5.70. The molecule has 1 aliphatic heterocycles. The Kier molecular flexibility index (Phi) is 2.74. The van der Waals surface area contributed by atoms with E-state index >= 15 is 0 Å². The van der Waals surface area contributed by atoms with Gasteiger partial charge in [0.1, 0.15) is 0 Å². The topological polar surface area (TPSA) is 36.3 Å². The first kappa shape index (κ1) is 8.37. The highest BCUT2D eigenvalue weighted by Gasteiger charge is 2.17. The van der Waals surface area contributed by atoms with Crippen LogP contribution in [-0.4, -0.2) is 31.1 Å². The Labute approximate surface area is 67.8 Å². The molecule has 0 radical (unpaired) electrons. The summed E-state index contributed by atoms with van der Waals surface area (Å²) in [6.07, 6.45) is 2.37. The number of methoxy groups -OCH3 is 1. The maximum absolute atomic E-state index is 7.40. The summed E-state index contributed by atoms with van der Waals surface area (Å²) in [5.74, 6) is 0.816. The number of rotatable bonds is 0. The van der Waals surface area contributed by atoms with Crippen molar-refractivity contribution in [2.75, 3.05) is 20.2 Å². The van der Waals surface area contributed by atoms with Crippen molar-refractivity contribution in [1.82, 2.24) is 4.90 Å². The maximum atomic E-state index is 7.40. The third-order valence-electron chi connectivity index (χ3n) is 2.26. The first-order valence-corrected chi connectivity index (χ1v) is 4.11. The summed E-state index contributed by atoms with van der Waals surface area (Å²) in [7, 11) is 1.56. The van der Waals surface area contributed by atoms with Gasteiger partial charge in [-0.05, 0) is 18.8 Å². The van der Waals surface area contributed by atoms with E-state index in [1.807, 2.05) is 4.90 Å². The summed E-state index contributed by atoms with van der Waals surface area (Å²) in [5.41, 5.74) is 0. The van der Waals surface area contributed by atoms with Gasteiger partial charge in [-0.2, -0.15) is 0 Å². The second-order valence-electron chi connectivity index (χ2n) is 3.18. The fourth-order valence-corrected chi connectivity index (χ4v) is 1.34. The Balaban J connectivity index is 2.33. The molecular weight excluding hydrogens is 140 g/mol. The van der Waals surface area contributed by atoms with Gasteiger partial charge in [-0.15, -0.1) is 0 Å². The zero-order chi connectivity index (χ0) is 8.27. The summed E-state index contributed by atoms with van der Waals surface area (Å²) in [6.45, 7) is 4.22. The van der Waals surface area contributed by atoms with Gasteiger partial charge in [0.25, 0.3) is 6.02 Å². The lowest BCUT2D eigenvalue weighted by Gasteiger charge is -2.30. The molecule has 1 aliphatic rings. The molecule has 0 aliphatic carbocycles. The van der Waals surface area contributed by atoms with Crippen LogP contribution < -0.4 is 0 Å². The van der Waals surface area contributed by atoms with Crippen molar-refractivity contribution < 1.29 is 4.74 Å². The molecule has 0 unspecified atom stereocenters. The number of likely N-dealkylation sites (tertiary alicyclic amines) is 1. The predicted molar refractivity (Wildman–Crippen MR) is 44.7 cm³/mol. The molecule has 0 aromatic heterocycles. The number of nitrogens with zero attached hydrogens (tertiary/aromatic N) is 1. The second-order valence-corrected chi connectivity index (χ2v) is 3.18. The monoisotopic (exact) mass is 156 g/mol. The van der Waals surface area contributed by atoms with Crippen molar-refractivity contribution in [3.05, 3.63) is 0 Å². The molecule has 0 atom stereocenters. The Hall–Kier alpha value is -0.730. The minimum absolute atomic E-state index is 0.317. The van der Waals surface area contributed by atoms with E-state index in [1.54, 1.807) is 7.11 Å². The average molecular weight is 156 g/mol. The molecule has 1 saturated heterocycles. The van der Waals surface area contributed by atoms with E-state index in [2.05, 4.69) is 6.92 Å². The number of amidine groups is 1. The highest BCUT2D eigenvalue weighted by atomic mass is 16.5. The van der Waals surface area contributed by atoms with Gasteiger partial charge in [-0.25, -0.2) is 0 Å². The number of ether oxygens (including phenoxy) is 1. The lowest BCUT2D eigenvalue weighted by atomic mass is 10.00. The van der Waals surface area contributed by atoms with E-state index in [9.17, 15) is 0 Å². The van der Waals surface area contributed by atoms with Crippen LogP contribution >= 0.6 is 0 Å². The zero-order valence-electron chi connectivity index (χ0n) is 7.26. The van der Waals surface area contributed by atoms with Crippen molar-refractivity contribution in [3.63, 3.8) is 0 Å². The number of piperidine rings is 1. The molecule has 3 heteroatoms. The Morgan fingerprint density at radius 3 is 2.45 bits per heavy atom. The van der Waals surface area contributed by atoms with Crippen LogP contribution in [0.3, 0.4) is 0 Å². The smallest absolute Gasteiger partial charge is 0.284 e. The molecule has 0 amide bonds. The largest absolute Gasteiger partial charge is 0.469 e. The van der Waals surface area contributed by atoms with Gasteiger partial charge in [0.2, 0.25) is 0 Å². The minimum atomic E-state index is 0.317. The van der Waals surface area contributed by atoms with Crippen molar-refractivity contribution in [1.29, 1.82) is 5.41 Å². The fourth-order valence-electron chi connectivity index (χ4n) is 1.34. The van der Waals surface area contributed by atoms with Crippen LogP contribution in [0.1, 0.15) is 19.8 Å². The van der Waals surface area contributed by atoms with Gasteiger partial charge < -0.3 is 9.64 Å². The Bertz CT molecular complexity index is 139. The lowest BCUT2D eigenvalue weighted by molar-refractivity contribution is 0.219. The predicted octanol–water partition coefficient (Wildman–Crippen LogP) is 1.30. The maximum Gasteiger partial charge on any atom is 0.284 e. The van der Waals surface area contributed by atoms with E-state index in [-0.39, 0.29) is 0 Å². The van der Waals surface area contributed by atoms with E-state index < -0.39 is 0 Å². The molecular formula is C8H16N2O. The minimum Gasteiger partial charge on any atom is -0.469 e. The summed E-state index contributed by atoms with van der Waals surface area (Å²) in [4.78, 5) is 1.99. The molecule has 1 rings (SSSR count). The van der Waals surface area contributed by atoms with Crippen molar-refractivity contribution >= 4 is 6.02 Å². The first-order chi connectivity index (χ1) is 5.24. The standard InChI is InChI=1S/C8H16N2O/c1-7-3-5-10(6-4-7)8(9)11-2/h7,9H,3-6H2,1-2H3. The van der Waals surface area contributed by atoms with Gasteiger partial charge in [-0.1, -0.05) is 6.92 Å². The third kappa shape index (κ3) is 2.10. The molecule has 0 spiro atoms. The summed E-state index contributed by atoms with van der Waals surface area (Å²) < 4.78 is 4.83.